The Bertz CT molecular complexity index is 324. The van der Waals surface area contributed by atoms with Gasteiger partial charge < -0.3 is 15.4 Å². The quantitative estimate of drug-likeness (QED) is 0.714. The third kappa shape index (κ3) is 6.17. The number of anilines is 1. The zero-order chi connectivity index (χ0) is 12.7. The van der Waals surface area contributed by atoms with Crippen molar-refractivity contribution in [2.24, 2.45) is 0 Å². The topological polar surface area (TPSA) is 33.3 Å². The van der Waals surface area contributed by atoms with Gasteiger partial charge in [0, 0.05) is 30.9 Å². The minimum atomic E-state index is 0.216. The van der Waals surface area contributed by atoms with Crippen LogP contribution in [0.2, 0.25) is 0 Å². The number of rotatable bonds is 7. The normalized spacial score (nSPS) is 10.9. The summed E-state index contributed by atoms with van der Waals surface area (Å²) in [6, 6.07) is 8.62. The van der Waals surface area contributed by atoms with E-state index in [0.717, 1.165) is 24.5 Å². The molecule has 0 aliphatic carbocycles. The van der Waals surface area contributed by atoms with Crippen LogP contribution in [0.3, 0.4) is 0 Å². The molecule has 96 valence electrons. The minimum Gasteiger partial charge on any atom is -0.491 e. The fraction of sp³-hybridized carbons (Fsp3) is 0.571. The molecule has 0 atom stereocenters. The summed E-state index contributed by atoms with van der Waals surface area (Å²) in [5.41, 5.74) is 1.11. The Morgan fingerprint density at radius 2 is 1.88 bits per heavy atom. The molecule has 0 spiro atoms. The number of benzene rings is 1. The van der Waals surface area contributed by atoms with Gasteiger partial charge in [-0.3, -0.25) is 0 Å². The molecule has 0 heterocycles. The fourth-order valence-electron chi connectivity index (χ4n) is 1.52. The van der Waals surface area contributed by atoms with Crippen LogP contribution in [0.25, 0.3) is 0 Å². The predicted octanol–water partition coefficient (Wildman–Crippen LogP) is 2.88. The molecule has 1 aromatic rings. The Kier molecular flexibility index (Phi) is 5.84. The molecule has 0 aliphatic heterocycles. The van der Waals surface area contributed by atoms with Gasteiger partial charge >= 0.3 is 0 Å². The molecule has 1 aromatic carbocycles. The van der Waals surface area contributed by atoms with Gasteiger partial charge in [0.25, 0.3) is 0 Å². The summed E-state index contributed by atoms with van der Waals surface area (Å²) in [4.78, 5) is 0. The van der Waals surface area contributed by atoms with Crippen LogP contribution in [0, 0.1) is 0 Å². The Hall–Kier alpha value is -1.22. The first-order chi connectivity index (χ1) is 8.08. The number of nitrogens with one attached hydrogen (secondary N) is 2. The lowest BCUT2D eigenvalue weighted by atomic mass is 10.3. The molecule has 0 aromatic heterocycles. The summed E-state index contributed by atoms with van der Waals surface area (Å²) < 4.78 is 5.64. The maximum Gasteiger partial charge on any atom is 0.121 e. The lowest BCUT2D eigenvalue weighted by molar-refractivity contribution is 0.242. The Morgan fingerprint density at radius 1 is 1.12 bits per heavy atom. The predicted molar refractivity (Wildman–Crippen MR) is 73.8 cm³/mol. The SMILES string of the molecule is CC(C)NCCNc1cccc(OC(C)C)c1. The molecule has 3 nitrogen and oxygen atoms in total. The molecule has 0 saturated heterocycles. The first-order valence-electron chi connectivity index (χ1n) is 6.32. The van der Waals surface area contributed by atoms with Crippen molar-refractivity contribution < 1.29 is 4.74 Å². The molecule has 0 saturated carbocycles. The van der Waals surface area contributed by atoms with Crippen molar-refractivity contribution in [1.82, 2.24) is 5.32 Å². The Morgan fingerprint density at radius 3 is 2.53 bits per heavy atom. The van der Waals surface area contributed by atoms with E-state index in [1.807, 2.05) is 32.0 Å². The molecule has 0 radical (unpaired) electrons. The van der Waals surface area contributed by atoms with Gasteiger partial charge in [-0.05, 0) is 26.0 Å². The maximum atomic E-state index is 5.64. The van der Waals surface area contributed by atoms with E-state index in [1.165, 1.54) is 0 Å². The van der Waals surface area contributed by atoms with Gasteiger partial charge in [-0.1, -0.05) is 19.9 Å². The van der Waals surface area contributed by atoms with E-state index in [4.69, 9.17) is 4.74 Å². The van der Waals surface area contributed by atoms with Gasteiger partial charge in [0.2, 0.25) is 0 Å². The molecule has 1 rings (SSSR count). The van der Waals surface area contributed by atoms with E-state index < -0.39 is 0 Å². The molecule has 0 fully saturated rings. The molecule has 3 heteroatoms. The molecule has 0 bridgehead atoms. The second-order valence-corrected chi connectivity index (χ2v) is 4.73. The maximum absolute atomic E-state index is 5.64. The van der Waals surface area contributed by atoms with Crippen molar-refractivity contribution in [3.8, 4) is 5.75 Å². The van der Waals surface area contributed by atoms with Crippen LogP contribution in [-0.2, 0) is 0 Å². The van der Waals surface area contributed by atoms with Crippen LogP contribution < -0.4 is 15.4 Å². The lowest BCUT2D eigenvalue weighted by Crippen LogP contribution is -2.28. The molecule has 17 heavy (non-hydrogen) atoms. The highest BCUT2D eigenvalue weighted by Gasteiger charge is 1.99. The first-order valence-corrected chi connectivity index (χ1v) is 6.32. The minimum absolute atomic E-state index is 0.216. The van der Waals surface area contributed by atoms with Crippen molar-refractivity contribution in [3.05, 3.63) is 24.3 Å². The van der Waals surface area contributed by atoms with Crippen LogP contribution >= 0.6 is 0 Å². The lowest BCUT2D eigenvalue weighted by Gasteiger charge is -2.13. The van der Waals surface area contributed by atoms with Crippen LogP contribution in [0.1, 0.15) is 27.7 Å². The first kappa shape index (κ1) is 13.8. The van der Waals surface area contributed by atoms with Gasteiger partial charge in [0.1, 0.15) is 5.75 Å². The summed E-state index contributed by atoms with van der Waals surface area (Å²) in [5, 5.41) is 6.74. The number of ether oxygens (including phenoxy) is 1. The zero-order valence-corrected chi connectivity index (χ0v) is 11.3. The Balaban J connectivity index is 2.37. The smallest absolute Gasteiger partial charge is 0.121 e. The summed E-state index contributed by atoms with van der Waals surface area (Å²) >= 11 is 0. The average Bonchev–Trinajstić information content (AvgIpc) is 2.24. The van der Waals surface area contributed by atoms with E-state index in [2.05, 4.69) is 30.5 Å². The molecule has 0 amide bonds. The molecule has 2 N–H and O–H groups in total. The van der Waals surface area contributed by atoms with Crippen molar-refractivity contribution >= 4 is 5.69 Å². The molecular weight excluding hydrogens is 212 g/mol. The summed E-state index contributed by atoms with van der Waals surface area (Å²) in [5.74, 6) is 0.918. The highest BCUT2D eigenvalue weighted by Crippen LogP contribution is 2.18. The van der Waals surface area contributed by atoms with Gasteiger partial charge in [0.15, 0.2) is 0 Å². The van der Waals surface area contributed by atoms with E-state index >= 15 is 0 Å². The van der Waals surface area contributed by atoms with Crippen LogP contribution in [-0.4, -0.2) is 25.2 Å². The third-order valence-corrected chi connectivity index (χ3v) is 2.21. The van der Waals surface area contributed by atoms with Crippen LogP contribution in [0.4, 0.5) is 5.69 Å². The zero-order valence-electron chi connectivity index (χ0n) is 11.3. The Labute approximate surface area is 105 Å². The largest absolute Gasteiger partial charge is 0.491 e. The highest BCUT2D eigenvalue weighted by molar-refractivity contribution is 5.48. The van der Waals surface area contributed by atoms with Crippen molar-refractivity contribution in [2.45, 2.75) is 39.8 Å². The standard InChI is InChI=1S/C14H24N2O/c1-11(2)15-8-9-16-13-6-5-7-14(10-13)17-12(3)4/h5-7,10-12,15-16H,8-9H2,1-4H3. The number of hydrogen-bond acceptors (Lipinski definition) is 3. The summed E-state index contributed by atoms with van der Waals surface area (Å²) in [6.45, 7) is 10.3. The number of hydrogen-bond donors (Lipinski definition) is 2. The molecule has 0 unspecified atom stereocenters. The van der Waals surface area contributed by atoms with Crippen molar-refractivity contribution in [1.29, 1.82) is 0 Å². The molecule has 0 aliphatic rings. The third-order valence-electron chi connectivity index (χ3n) is 2.21. The van der Waals surface area contributed by atoms with Gasteiger partial charge in [-0.15, -0.1) is 0 Å². The second kappa shape index (κ2) is 7.17. The van der Waals surface area contributed by atoms with Gasteiger partial charge in [0.05, 0.1) is 6.10 Å². The van der Waals surface area contributed by atoms with E-state index in [9.17, 15) is 0 Å². The van der Waals surface area contributed by atoms with Crippen LogP contribution in [0.15, 0.2) is 24.3 Å². The van der Waals surface area contributed by atoms with Crippen molar-refractivity contribution in [2.75, 3.05) is 18.4 Å². The van der Waals surface area contributed by atoms with Crippen LogP contribution in [0.5, 0.6) is 5.75 Å². The van der Waals surface area contributed by atoms with E-state index in [1.54, 1.807) is 0 Å². The van der Waals surface area contributed by atoms with Crippen molar-refractivity contribution in [3.63, 3.8) is 0 Å². The van der Waals surface area contributed by atoms with Gasteiger partial charge in [-0.2, -0.15) is 0 Å². The van der Waals surface area contributed by atoms with E-state index in [0.29, 0.717) is 6.04 Å². The second-order valence-electron chi connectivity index (χ2n) is 4.73. The monoisotopic (exact) mass is 236 g/mol. The van der Waals surface area contributed by atoms with Gasteiger partial charge in [-0.25, -0.2) is 0 Å². The summed E-state index contributed by atoms with van der Waals surface area (Å²) in [7, 11) is 0. The summed E-state index contributed by atoms with van der Waals surface area (Å²) in [6.07, 6.45) is 0.216. The van der Waals surface area contributed by atoms with E-state index in [-0.39, 0.29) is 6.10 Å². The highest BCUT2D eigenvalue weighted by atomic mass is 16.5. The fourth-order valence-corrected chi connectivity index (χ4v) is 1.52. The average molecular weight is 236 g/mol. The molecular formula is C14H24N2O.